The maximum Gasteiger partial charge on any atom is 0.407 e. The van der Waals surface area contributed by atoms with Gasteiger partial charge in [0.15, 0.2) is 6.10 Å². The fourth-order valence-corrected chi connectivity index (χ4v) is 2.99. The molecule has 2 heterocycles. The van der Waals surface area contributed by atoms with Gasteiger partial charge in [-0.2, -0.15) is 0 Å². The third-order valence-corrected chi connectivity index (χ3v) is 4.23. The molecule has 2 N–H and O–H groups in total. The largest absolute Gasteiger partial charge is 0.441 e. The first-order chi connectivity index (χ1) is 11.6. The average molecular weight is 326 g/mol. The highest BCUT2D eigenvalue weighted by Gasteiger charge is 2.30. The van der Waals surface area contributed by atoms with Crippen molar-refractivity contribution in [2.75, 3.05) is 6.54 Å². The third-order valence-electron chi connectivity index (χ3n) is 4.23. The topological polar surface area (TPSA) is 63.5 Å². The second kappa shape index (κ2) is 5.65. The van der Waals surface area contributed by atoms with Crippen molar-refractivity contribution in [3.05, 3.63) is 66.1 Å². The van der Waals surface area contributed by atoms with Gasteiger partial charge in [0, 0.05) is 6.20 Å². The lowest BCUT2D eigenvalue weighted by atomic mass is 10.0. The Labute approximate surface area is 137 Å². The summed E-state index contributed by atoms with van der Waals surface area (Å²) in [7, 11) is 0. The number of hydrogen-bond donors (Lipinski definition) is 2. The van der Waals surface area contributed by atoms with E-state index in [1.807, 2.05) is 36.5 Å². The van der Waals surface area contributed by atoms with Crippen LogP contribution in [0.15, 0.2) is 54.7 Å². The van der Waals surface area contributed by atoms with Crippen LogP contribution in [0.25, 0.3) is 16.6 Å². The molecule has 1 fully saturated rings. The van der Waals surface area contributed by atoms with Crippen LogP contribution in [0.2, 0.25) is 0 Å². The number of carbonyl (C=O) groups excluding carboxylic acids is 1. The van der Waals surface area contributed by atoms with E-state index in [2.05, 4.69) is 5.32 Å². The Hall–Kier alpha value is -2.86. The Morgan fingerprint density at radius 1 is 1.25 bits per heavy atom. The van der Waals surface area contributed by atoms with Gasteiger partial charge in [-0.25, -0.2) is 9.18 Å². The molecule has 5 nitrogen and oxygen atoms in total. The minimum atomic E-state index is -1.08. The summed E-state index contributed by atoms with van der Waals surface area (Å²) in [6.45, 7) is 0.200. The SMILES string of the molecule is O=C1NCC(C(O)c2ccc(-n3ccc4ccccc43)c(F)c2)O1. The van der Waals surface area contributed by atoms with Gasteiger partial charge < -0.3 is 19.7 Å². The van der Waals surface area contributed by atoms with Crippen molar-refractivity contribution in [1.29, 1.82) is 0 Å². The van der Waals surface area contributed by atoms with Gasteiger partial charge in [-0.3, -0.25) is 0 Å². The molecule has 2 atom stereocenters. The van der Waals surface area contributed by atoms with Gasteiger partial charge in [-0.1, -0.05) is 24.3 Å². The molecule has 2 aromatic carbocycles. The molecular weight excluding hydrogens is 311 g/mol. The smallest absolute Gasteiger partial charge is 0.407 e. The minimum absolute atomic E-state index is 0.200. The zero-order valence-electron chi connectivity index (χ0n) is 12.6. The number of rotatable bonds is 3. The molecule has 3 aromatic rings. The maximum absolute atomic E-state index is 14.6. The van der Waals surface area contributed by atoms with Crippen molar-refractivity contribution in [3.63, 3.8) is 0 Å². The van der Waals surface area contributed by atoms with Crippen molar-refractivity contribution in [1.82, 2.24) is 9.88 Å². The number of nitrogens with one attached hydrogen (secondary N) is 1. The second-order valence-corrected chi connectivity index (χ2v) is 5.72. The highest BCUT2D eigenvalue weighted by Crippen LogP contribution is 2.27. The Morgan fingerprint density at radius 2 is 2.08 bits per heavy atom. The Balaban J connectivity index is 1.68. The van der Waals surface area contributed by atoms with Crippen LogP contribution >= 0.6 is 0 Å². The van der Waals surface area contributed by atoms with E-state index in [4.69, 9.17) is 4.74 Å². The van der Waals surface area contributed by atoms with E-state index in [-0.39, 0.29) is 6.54 Å². The number of para-hydroxylation sites is 1. The Bertz CT molecular complexity index is 922. The van der Waals surface area contributed by atoms with Crippen molar-refractivity contribution in [2.24, 2.45) is 0 Å². The van der Waals surface area contributed by atoms with Gasteiger partial charge in [0.2, 0.25) is 0 Å². The molecule has 0 spiro atoms. The van der Waals surface area contributed by atoms with Gasteiger partial charge in [-0.15, -0.1) is 0 Å². The van der Waals surface area contributed by atoms with Crippen LogP contribution in [0, 0.1) is 5.82 Å². The predicted molar refractivity (Wildman–Crippen MR) is 86.5 cm³/mol. The summed E-state index contributed by atoms with van der Waals surface area (Å²) < 4.78 is 21.3. The zero-order valence-corrected chi connectivity index (χ0v) is 12.6. The first kappa shape index (κ1) is 14.7. The minimum Gasteiger partial charge on any atom is -0.441 e. The fourth-order valence-electron chi connectivity index (χ4n) is 2.99. The molecule has 1 aliphatic rings. The molecule has 122 valence electrons. The number of halogens is 1. The van der Waals surface area contributed by atoms with E-state index in [0.717, 1.165) is 10.9 Å². The molecular formula is C18H15FN2O3. The third kappa shape index (κ3) is 2.41. The Kier molecular flexibility index (Phi) is 3.46. The number of amides is 1. The van der Waals surface area contributed by atoms with Gasteiger partial charge in [0.05, 0.1) is 17.7 Å². The van der Waals surface area contributed by atoms with Crippen LogP contribution in [0.5, 0.6) is 0 Å². The number of aliphatic hydroxyl groups is 1. The summed E-state index contributed by atoms with van der Waals surface area (Å²) in [6, 6.07) is 14.2. The number of benzene rings is 2. The lowest BCUT2D eigenvalue weighted by Crippen LogP contribution is -2.22. The van der Waals surface area contributed by atoms with Crippen LogP contribution in [0.3, 0.4) is 0 Å². The molecule has 4 rings (SSSR count). The van der Waals surface area contributed by atoms with E-state index in [9.17, 15) is 14.3 Å². The standard InChI is InChI=1S/C18H15FN2O3/c19-13-9-12(17(22)16-10-20-18(23)24-16)5-6-15(13)21-8-7-11-3-1-2-4-14(11)21/h1-9,16-17,22H,10H2,(H,20,23). The summed E-state index contributed by atoms with van der Waals surface area (Å²) >= 11 is 0. The van der Waals surface area contributed by atoms with Crippen LogP contribution in [-0.2, 0) is 4.74 Å². The predicted octanol–water partition coefficient (Wildman–Crippen LogP) is 2.91. The van der Waals surface area contributed by atoms with E-state index >= 15 is 0 Å². The van der Waals surface area contributed by atoms with E-state index in [1.165, 1.54) is 6.07 Å². The van der Waals surface area contributed by atoms with Gasteiger partial charge in [0.1, 0.15) is 11.9 Å². The lowest BCUT2D eigenvalue weighted by Gasteiger charge is -2.17. The highest BCUT2D eigenvalue weighted by molar-refractivity contribution is 5.81. The number of alkyl carbamates (subject to hydrolysis) is 1. The van der Waals surface area contributed by atoms with Crippen LogP contribution in [0.1, 0.15) is 11.7 Å². The van der Waals surface area contributed by atoms with E-state index < -0.39 is 24.1 Å². The number of aliphatic hydroxyl groups excluding tert-OH is 1. The number of cyclic esters (lactones) is 1. The molecule has 0 saturated carbocycles. The molecule has 0 aliphatic carbocycles. The van der Waals surface area contributed by atoms with Crippen LogP contribution in [0.4, 0.5) is 9.18 Å². The number of carbonyl (C=O) groups is 1. The van der Waals surface area contributed by atoms with Gasteiger partial charge in [0.25, 0.3) is 0 Å². The molecule has 0 radical (unpaired) electrons. The van der Waals surface area contributed by atoms with Crippen molar-refractivity contribution < 1.29 is 19.0 Å². The molecule has 1 aromatic heterocycles. The molecule has 6 heteroatoms. The number of fused-ring (bicyclic) bond motifs is 1. The highest BCUT2D eigenvalue weighted by atomic mass is 19.1. The quantitative estimate of drug-likeness (QED) is 0.778. The maximum atomic E-state index is 14.6. The van der Waals surface area contributed by atoms with Gasteiger partial charge >= 0.3 is 6.09 Å². The Morgan fingerprint density at radius 3 is 2.83 bits per heavy atom. The first-order valence-electron chi connectivity index (χ1n) is 7.62. The van der Waals surface area contributed by atoms with Gasteiger partial charge in [-0.05, 0) is 35.2 Å². The van der Waals surface area contributed by atoms with E-state index in [1.54, 1.807) is 16.7 Å². The number of hydrogen-bond acceptors (Lipinski definition) is 3. The second-order valence-electron chi connectivity index (χ2n) is 5.72. The normalized spacial score (nSPS) is 18.4. The molecule has 1 amide bonds. The monoisotopic (exact) mass is 326 g/mol. The number of ether oxygens (including phenoxy) is 1. The average Bonchev–Trinajstić information content (AvgIpc) is 3.20. The first-order valence-corrected chi connectivity index (χ1v) is 7.62. The molecule has 0 bridgehead atoms. The molecule has 1 saturated heterocycles. The zero-order chi connectivity index (χ0) is 16.7. The van der Waals surface area contributed by atoms with E-state index in [0.29, 0.717) is 11.3 Å². The lowest BCUT2D eigenvalue weighted by molar-refractivity contribution is 0.0318. The molecule has 24 heavy (non-hydrogen) atoms. The van der Waals surface area contributed by atoms with Crippen LogP contribution in [-0.4, -0.2) is 28.4 Å². The number of aromatic nitrogens is 1. The summed E-state index contributed by atoms with van der Waals surface area (Å²) in [5.41, 5.74) is 1.67. The summed E-state index contributed by atoms with van der Waals surface area (Å²) in [5.74, 6) is -0.454. The summed E-state index contributed by atoms with van der Waals surface area (Å²) in [5, 5.41) is 13.8. The van der Waals surface area contributed by atoms with Crippen LogP contribution < -0.4 is 5.32 Å². The summed E-state index contributed by atoms with van der Waals surface area (Å²) in [6.07, 6.45) is -0.555. The van der Waals surface area contributed by atoms with Crippen molar-refractivity contribution in [2.45, 2.75) is 12.2 Å². The van der Waals surface area contributed by atoms with Crippen molar-refractivity contribution >= 4 is 17.0 Å². The summed E-state index contributed by atoms with van der Waals surface area (Å²) in [4.78, 5) is 11.1. The fraction of sp³-hybridized carbons (Fsp3) is 0.167. The number of nitrogens with zero attached hydrogens (tertiary/aromatic N) is 1. The molecule has 1 aliphatic heterocycles. The van der Waals surface area contributed by atoms with Crippen molar-refractivity contribution in [3.8, 4) is 5.69 Å². The molecule has 2 unspecified atom stereocenters.